The van der Waals surface area contributed by atoms with Crippen LogP contribution in [0.2, 0.25) is 0 Å². The van der Waals surface area contributed by atoms with E-state index in [2.05, 4.69) is 26.4 Å². The van der Waals surface area contributed by atoms with Crippen LogP contribution in [0, 0.1) is 0 Å². The molecular weight excluding hydrogens is 617 g/mol. The number of nitrogens with zero attached hydrogens (tertiary/aromatic N) is 2. The maximum atomic E-state index is 11.4. The Morgan fingerprint density at radius 1 is 1.02 bits per heavy atom. The van der Waals surface area contributed by atoms with Gasteiger partial charge < -0.3 is 23.9 Å². The first-order valence-corrected chi connectivity index (χ1v) is 17.1. The topological polar surface area (TPSA) is 128 Å². The van der Waals surface area contributed by atoms with Crippen LogP contribution in [0.25, 0.3) is 38.7 Å². The quantitative estimate of drug-likeness (QED) is 0.0389. The highest BCUT2D eigenvalue weighted by Gasteiger charge is 2.28. The molecule has 10 nitrogen and oxygen atoms in total. The van der Waals surface area contributed by atoms with E-state index in [-0.39, 0.29) is 13.0 Å². The van der Waals surface area contributed by atoms with Crippen LogP contribution in [-0.4, -0.2) is 31.0 Å². The van der Waals surface area contributed by atoms with Gasteiger partial charge in [-0.1, -0.05) is 55.5 Å². The Labute approximate surface area is 264 Å². The molecule has 0 amide bonds. The average Bonchev–Trinajstić information content (AvgIpc) is 3.55. The van der Waals surface area contributed by atoms with Crippen molar-refractivity contribution in [3.63, 3.8) is 0 Å². The number of fused-ring (bicyclic) bond motifs is 5. The van der Waals surface area contributed by atoms with Gasteiger partial charge in [-0.15, -0.1) is 0 Å². The van der Waals surface area contributed by atoms with Crippen LogP contribution < -0.4 is 19.5 Å². The van der Waals surface area contributed by atoms with E-state index in [1.165, 1.54) is 0 Å². The zero-order valence-corrected chi connectivity index (χ0v) is 26.1. The lowest BCUT2D eigenvalue weighted by atomic mass is 10.1. The summed E-state index contributed by atoms with van der Waals surface area (Å²) in [6.45, 7) is 2.92. The van der Waals surface area contributed by atoms with Crippen molar-refractivity contribution in [3.8, 4) is 5.75 Å². The highest BCUT2D eigenvalue weighted by Crippen LogP contribution is 2.42. The van der Waals surface area contributed by atoms with Gasteiger partial charge in [-0.3, -0.25) is 5.04 Å². The number of hydrogen-bond donors (Lipinski definition) is 0. The van der Waals surface area contributed by atoms with Gasteiger partial charge in [-0.25, -0.2) is 8.42 Å². The van der Waals surface area contributed by atoms with Crippen LogP contribution in [0.4, 0.5) is 5.69 Å². The van der Waals surface area contributed by atoms with Crippen molar-refractivity contribution >= 4 is 66.6 Å². The molecule has 45 heavy (non-hydrogen) atoms. The summed E-state index contributed by atoms with van der Waals surface area (Å²) >= 11 is 0.949. The molecule has 0 bridgehead atoms. The summed E-state index contributed by atoms with van der Waals surface area (Å²) in [6.07, 6.45) is 5.40. The minimum absolute atomic E-state index is 0.149. The fourth-order valence-corrected chi connectivity index (χ4v) is 6.46. The van der Waals surface area contributed by atoms with Crippen LogP contribution in [0.5, 0.6) is 5.75 Å². The number of ether oxygens (including phenoxy) is 1. The van der Waals surface area contributed by atoms with Crippen molar-refractivity contribution in [3.05, 3.63) is 96.2 Å². The SMILES string of the molecule is CCC(=Cc1oc2ccc3ccccc3c2[n+]1CCCS(=O)(=O)[O-])/C=C1\Oc2cc3ccccc3cc2N1CCCSOO[O-]. The van der Waals surface area contributed by atoms with Gasteiger partial charge in [0.15, 0.2) is 12.3 Å². The molecule has 0 atom stereocenters. The summed E-state index contributed by atoms with van der Waals surface area (Å²) in [5.41, 5.74) is 3.35. The van der Waals surface area contributed by atoms with E-state index in [1.54, 1.807) is 0 Å². The van der Waals surface area contributed by atoms with Gasteiger partial charge in [-0.05, 0) is 58.8 Å². The second-order valence-electron chi connectivity index (χ2n) is 10.6. The van der Waals surface area contributed by atoms with Crippen molar-refractivity contribution in [1.82, 2.24) is 0 Å². The Hall–Kier alpha value is -3.91. The summed E-state index contributed by atoms with van der Waals surface area (Å²) in [7, 11) is -4.36. The number of aryl methyl sites for hydroxylation is 1. The summed E-state index contributed by atoms with van der Waals surface area (Å²) in [4.78, 5) is 2.10. The Kier molecular flexibility index (Phi) is 9.40. The lowest BCUT2D eigenvalue weighted by Crippen LogP contribution is -2.36. The third-order valence-corrected chi connectivity index (χ3v) is 9.10. The standard InChI is InChI=1S/C33H32N2O8S2/c1-2-23(19-31-34(15-7-17-44-43-42-36)28-21-25-10-3-4-11-26(25)22-30(28)41-31)20-32-35(16-8-18-45(37,38)39)33-27-12-6-5-9-24(27)13-14-29(33)40-32/h3-6,9-14,19-22H,2,7-8,15-18H2,1H3,(H-,36,37,38,39)/p-1. The largest absolute Gasteiger partial charge is 0.748 e. The van der Waals surface area contributed by atoms with Gasteiger partial charge >= 0.3 is 5.89 Å². The van der Waals surface area contributed by atoms with Gasteiger partial charge in [0.05, 0.1) is 27.3 Å². The lowest BCUT2D eigenvalue weighted by Gasteiger charge is -2.19. The zero-order chi connectivity index (χ0) is 31.4. The molecule has 5 aromatic rings. The van der Waals surface area contributed by atoms with Gasteiger partial charge in [0.2, 0.25) is 11.5 Å². The molecule has 234 valence electrons. The Balaban J connectivity index is 1.40. The lowest BCUT2D eigenvalue weighted by molar-refractivity contribution is -0.777. The van der Waals surface area contributed by atoms with Crippen LogP contribution in [0.1, 0.15) is 32.1 Å². The van der Waals surface area contributed by atoms with E-state index < -0.39 is 15.9 Å². The first-order chi connectivity index (χ1) is 21.8. The van der Waals surface area contributed by atoms with Crippen LogP contribution in [0.15, 0.2) is 94.7 Å². The molecule has 6 rings (SSSR count). The molecule has 0 N–H and O–H groups in total. The predicted octanol–water partition coefficient (Wildman–Crippen LogP) is 5.76. The Morgan fingerprint density at radius 3 is 2.53 bits per heavy atom. The molecule has 1 aliphatic rings. The highest BCUT2D eigenvalue weighted by molar-refractivity contribution is 7.94. The molecule has 2 heterocycles. The van der Waals surface area contributed by atoms with Crippen LogP contribution >= 0.6 is 12.0 Å². The van der Waals surface area contributed by atoms with E-state index in [4.69, 9.17) is 9.15 Å². The third kappa shape index (κ3) is 7.01. The fourth-order valence-electron chi connectivity index (χ4n) is 5.63. The Morgan fingerprint density at radius 2 is 1.78 bits per heavy atom. The van der Waals surface area contributed by atoms with E-state index in [9.17, 15) is 18.2 Å². The molecule has 0 saturated heterocycles. The molecule has 0 radical (unpaired) electrons. The van der Waals surface area contributed by atoms with Crippen molar-refractivity contribution in [2.24, 2.45) is 0 Å². The van der Waals surface area contributed by atoms with Gasteiger partial charge in [0.25, 0.3) is 5.52 Å². The normalized spacial score (nSPS) is 14.6. The van der Waals surface area contributed by atoms with Crippen LogP contribution in [0.3, 0.4) is 0 Å². The molecule has 1 aromatic heterocycles. The molecule has 4 aromatic carbocycles. The fraction of sp³-hybridized carbons (Fsp3) is 0.242. The van der Waals surface area contributed by atoms with Gasteiger partial charge in [-0.2, -0.15) is 8.90 Å². The second-order valence-corrected chi connectivity index (χ2v) is 12.9. The summed E-state index contributed by atoms with van der Waals surface area (Å²) < 4.78 is 53.4. The smallest absolute Gasteiger partial charge is 0.374 e. The maximum Gasteiger partial charge on any atom is 0.374 e. The number of allylic oxidation sites excluding steroid dienone is 2. The van der Waals surface area contributed by atoms with Crippen molar-refractivity contribution < 1.29 is 41.3 Å². The second kappa shape index (κ2) is 13.6. The maximum absolute atomic E-state index is 11.4. The van der Waals surface area contributed by atoms with Gasteiger partial charge in [0.1, 0.15) is 0 Å². The summed E-state index contributed by atoms with van der Waals surface area (Å²) in [5, 5.41) is 17.8. The number of oxazole rings is 1. The van der Waals surface area contributed by atoms with E-state index >= 15 is 0 Å². The minimum Gasteiger partial charge on any atom is -0.748 e. The first-order valence-electron chi connectivity index (χ1n) is 14.6. The molecule has 1 aliphatic heterocycles. The molecule has 0 spiro atoms. The van der Waals surface area contributed by atoms with E-state index in [0.717, 1.165) is 56.1 Å². The third-order valence-electron chi connectivity index (χ3n) is 7.70. The van der Waals surface area contributed by atoms with Crippen molar-refractivity contribution in [1.29, 1.82) is 0 Å². The minimum atomic E-state index is -4.36. The van der Waals surface area contributed by atoms with Crippen LogP contribution in [-0.2, 0) is 26.0 Å². The number of rotatable bonds is 13. The van der Waals surface area contributed by atoms with E-state index in [0.29, 0.717) is 42.5 Å². The molecular formula is C33H31N2O8S2-. The van der Waals surface area contributed by atoms with Crippen molar-refractivity contribution in [2.45, 2.75) is 32.7 Å². The molecule has 0 aliphatic carbocycles. The summed E-state index contributed by atoms with van der Waals surface area (Å²) in [6, 6.07) is 24.0. The summed E-state index contributed by atoms with van der Waals surface area (Å²) in [5.74, 6) is 2.00. The van der Waals surface area contributed by atoms with Crippen molar-refractivity contribution in [2.75, 3.05) is 23.0 Å². The first kappa shape index (κ1) is 31.1. The highest BCUT2D eigenvalue weighted by atomic mass is 32.2. The number of aromatic nitrogens is 1. The predicted molar refractivity (Wildman–Crippen MR) is 171 cm³/mol. The molecule has 0 fully saturated rings. The molecule has 0 saturated carbocycles. The molecule has 12 heteroatoms. The molecule has 0 unspecified atom stereocenters. The number of anilines is 1. The average molecular weight is 648 g/mol. The number of benzene rings is 4. The monoisotopic (exact) mass is 647 g/mol. The number of hydrogen-bond acceptors (Lipinski definition) is 10. The van der Waals surface area contributed by atoms with E-state index in [1.807, 2.05) is 84.3 Å². The Bertz CT molecular complexity index is 2020. The van der Waals surface area contributed by atoms with Gasteiger partial charge in [0, 0.05) is 42.6 Å². The zero-order valence-electron chi connectivity index (χ0n) is 24.5.